The monoisotopic (exact) mass is 630 g/mol. The van der Waals surface area contributed by atoms with Crippen LogP contribution in [0, 0.1) is 5.92 Å². The van der Waals surface area contributed by atoms with Gasteiger partial charge in [-0.3, -0.25) is 9.52 Å². The molecule has 10 nitrogen and oxygen atoms in total. The highest BCUT2D eigenvalue weighted by atomic mass is 32.2. The fourth-order valence-electron chi connectivity index (χ4n) is 5.42. The number of aliphatic hydroxyl groups excluding tert-OH is 1. The summed E-state index contributed by atoms with van der Waals surface area (Å²) in [5, 5.41) is 14.9. The molecule has 1 aliphatic rings. The Morgan fingerprint density at radius 1 is 1.04 bits per heavy atom. The Morgan fingerprint density at radius 2 is 1.76 bits per heavy atom. The van der Waals surface area contributed by atoms with Crippen LogP contribution in [0.5, 0.6) is 5.75 Å². The first-order valence-electron chi connectivity index (χ1n) is 14.8. The number of carbonyl (C=O) groups excluding carboxylic acids is 2. The molecule has 0 aromatic heterocycles. The van der Waals surface area contributed by atoms with Gasteiger partial charge in [-0.1, -0.05) is 61.5 Å². The predicted octanol–water partition coefficient (Wildman–Crippen LogP) is 4.95. The van der Waals surface area contributed by atoms with E-state index in [9.17, 15) is 23.1 Å². The molecular weight excluding hydrogens is 592 g/mol. The lowest BCUT2D eigenvalue weighted by Crippen LogP contribution is -2.48. The second-order valence-corrected chi connectivity index (χ2v) is 13.1. The van der Waals surface area contributed by atoms with Crippen LogP contribution in [0.4, 0.5) is 16.2 Å². The Labute approximate surface area is 263 Å². The second-order valence-electron chi connectivity index (χ2n) is 11.5. The minimum absolute atomic E-state index is 0.0581. The number of ether oxygens (including phenoxy) is 1. The quantitative estimate of drug-likeness (QED) is 0.253. The molecule has 0 spiro atoms. The van der Waals surface area contributed by atoms with Crippen LogP contribution < -0.4 is 14.8 Å². The molecule has 3 N–H and O–H groups in total. The Morgan fingerprint density at radius 3 is 2.51 bits per heavy atom. The van der Waals surface area contributed by atoms with Crippen LogP contribution >= 0.6 is 0 Å². The molecule has 0 saturated heterocycles. The van der Waals surface area contributed by atoms with Gasteiger partial charge in [-0.25, -0.2) is 13.2 Å². The standard InChI is InChI=1S/C34H38N4O6S/c1-23-20-38(24(2)22-39)33(40)19-26-18-27(36-45(42,43)28-12-5-4-6-13-28)16-17-31(26)44-32(23)21-37(3)34(41)35-30-15-9-11-25-10-7-8-14-29(25)30/h4-18,23-24,32,36,39H,19-22H2,1-3H3,(H,35,41)/t23-,24+,32-/m0/s1. The molecular formula is C34H38N4O6S. The van der Waals surface area contributed by atoms with E-state index >= 15 is 0 Å². The molecule has 5 rings (SSSR count). The van der Waals surface area contributed by atoms with Crippen LogP contribution in [0.3, 0.4) is 0 Å². The van der Waals surface area contributed by atoms with Gasteiger partial charge in [-0.05, 0) is 48.7 Å². The fourth-order valence-corrected chi connectivity index (χ4v) is 6.49. The van der Waals surface area contributed by atoms with E-state index < -0.39 is 22.2 Å². The van der Waals surface area contributed by atoms with Crippen molar-refractivity contribution in [3.05, 3.63) is 96.6 Å². The van der Waals surface area contributed by atoms with Gasteiger partial charge in [0.2, 0.25) is 5.91 Å². The van der Waals surface area contributed by atoms with E-state index in [2.05, 4.69) is 10.0 Å². The normalized spacial score (nSPS) is 17.7. The lowest BCUT2D eigenvalue weighted by molar-refractivity contribution is -0.134. The first kappa shape index (κ1) is 31.8. The average molecular weight is 631 g/mol. The maximum absolute atomic E-state index is 13.5. The predicted molar refractivity (Wildman–Crippen MR) is 175 cm³/mol. The molecule has 1 aliphatic heterocycles. The number of sulfonamides is 1. The SMILES string of the molecule is C[C@H](CO)N1C[C@H](C)[C@H](CN(C)C(=O)Nc2cccc3ccccc23)Oc2ccc(NS(=O)(=O)c3ccccc3)cc2CC1=O. The largest absolute Gasteiger partial charge is 0.488 e. The number of aliphatic hydroxyl groups is 1. The smallest absolute Gasteiger partial charge is 0.321 e. The van der Waals surface area contributed by atoms with Gasteiger partial charge in [-0.2, -0.15) is 0 Å². The van der Waals surface area contributed by atoms with Crippen LogP contribution in [-0.2, 0) is 21.2 Å². The van der Waals surface area contributed by atoms with Crippen LogP contribution in [0.15, 0.2) is 95.9 Å². The number of benzene rings is 4. The fraction of sp³-hybridized carbons (Fsp3) is 0.294. The first-order valence-corrected chi connectivity index (χ1v) is 16.3. The van der Waals surface area contributed by atoms with Crippen molar-refractivity contribution in [3.8, 4) is 5.75 Å². The second kappa shape index (κ2) is 13.6. The van der Waals surface area contributed by atoms with E-state index in [4.69, 9.17) is 4.74 Å². The third-order valence-electron chi connectivity index (χ3n) is 8.05. The summed E-state index contributed by atoms with van der Waals surface area (Å²) in [6.45, 7) is 3.99. The highest BCUT2D eigenvalue weighted by molar-refractivity contribution is 7.92. The molecule has 4 aromatic carbocycles. The van der Waals surface area contributed by atoms with Crippen molar-refractivity contribution in [3.63, 3.8) is 0 Å². The van der Waals surface area contributed by atoms with Crippen molar-refractivity contribution in [1.82, 2.24) is 9.80 Å². The number of fused-ring (bicyclic) bond motifs is 2. The van der Waals surface area contributed by atoms with Gasteiger partial charge in [0.25, 0.3) is 10.0 Å². The van der Waals surface area contributed by atoms with E-state index in [1.54, 1.807) is 60.2 Å². The number of nitrogens with one attached hydrogen (secondary N) is 2. The van der Waals surface area contributed by atoms with E-state index in [-0.39, 0.29) is 48.0 Å². The third-order valence-corrected chi connectivity index (χ3v) is 9.45. The lowest BCUT2D eigenvalue weighted by atomic mass is 10.0. The van der Waals surface area contributed by atoms with Crippen LogP contribution in [-0.4, -0.2) is 74.2 Å². The number of carbonyl (C=O) groups is 2. The van der Waals surface area contributed by atoms with Crippen molar-refractivity contribution in [2.24, 2.45) is 5.92 Å². The molecule has 45 heavy (non-hydrogen) atoms. The number of hydrogen-bond acceptors (Lipinski definition) is 6. The highest BCUT2D eigenvalue weighted by Crippen LogP contribution is 2.30. The van der Waals surface area contributed by atoms with Crippen molar-refractivity contribution in [2.75, 3.05) is 36.8 Å². The van der Waals surface area contributed by atoms with Gasteiger partial charge in [-0.15, -0.1) is 0 Å². The summed E-state index contributed by atoms with van der Waals surface area (Å²) in [4.78, 5) is 30.2. The Hall–Kier alpha value is -4.61. The van der Waals surface area contributed by atoms with Gasteiger partial charge in [0.1, 0.15) is 11.9 Å². The summed E-state index contributed by atoms with van der Waals surface area (Å²) in [5.74, 6) is -0.0267. The molecule has 0 bridgehead atoms. The molecule has 11 heteroatoms. The molecule has 3 atom stereocenters. The van der Waals surface area contributed by atoms with Gasteiger partial charge in [0, 0.05) is 36.1 Å². The zero-order valence-electron chi connectivity index (χ0n) is 25.5. The molecule has 236 valence electrons. The Kier molecular flexibility index (Phi) is 9.60. The van der Waals surface area contributed by atoms with Gasteiger partial charge in [0.05, 0.1) is 36.2 Å². The topological polar surface area (TPSA) is 128 Å². The number of anilines is 2. The summed E-state index contributed by atoms with van der Waals surface area (Å²) >= 11 is 0. The number of amides is 3. The van der Waals surface area contributed by atoms with Crippen molar-refractivity contribution in [2.45, 2.75) is 37.3 Å². The number of rotatable bonds is 8. The van der Waals surface area contributed by atoms with Gasteiger partial charge < -0.3 is 25.0 Å². The molecule has 0 fully saturated rings. The molecule has 0 radical (unpaired) electrons. The molecule has 4 aromatic rings. The average Bonchev–Trinajstić information content (AvgIpc) is 3.08. The molecule has 0 unspecified atom stereocenters. The molecule has 0 aliphatic carbocycles. The summed E-state index contributed by atoms with van der Waals surface area (Å²) in [6.07, 6.45) is -0.588. The molecule has 3 amide bonds. The minimum Gasteiger partial charge on any atom is -0.488 e. The molecule has 0 saturated carbocycles. The van der Waals surface area contributed by atoms with Gasteiger partial charge in [0.15, 0.2) is 0 Å². The van der Waals surface area contributed by atoms with Crippen molar-refractivity contribution in [1.29, 1.82) is 0 Å². The maximum Gasteiger partial charge on any atom is 0.321 e. The summed E-state index contributed by atoms with van der Waals surface area (Å²) in [6, 6.07) is 25.6. The number of urea groups is 1. The third kappa shape index (κ3) is 7.38. The van der Waals surface area contributed by atoms with Crippen LogP contribution in [0.2, 0.25) is 0 Å². The highest BCUT2D eigenvalue weighted by Gasteiger charge is 2.32. The first-order chi connectivity index (χ1) is 21.6. The van der Waals surface area contributed by atoms with Crippen molar-refractivity contribution < 1.29 is 27.9 Å². The van der Waals surface area contributed by atoms with Gasteiger partial charge >= 0.3 is 6.03 Å². The number of hydrogen-bond donors (Lipinski definition) is 3. The van der Waals surface area contributed by atoms with Crippen LogP contribution in [0.1, 0.15) is 19.4 Å². The number of likely N-dealkylation sites (N-methyl/N-ethyl adjacent to an activating group) is 1. The summed E-state index contributed by atoms with van der Waals surface area (Å²) in [5.41, 5.74) is 1.47. The van der Waals surface area contributed by atoms with E-state index in [0.717, 1.165) is 10.8 Å². The number of nitrogens with zero attached hydrogens (tertiary/aromatic N) is 2. The Bertz CT molecular complexity index is 1780. The van der Waals surface area contributed by atoms with E-state index in [1.807, 2.05) is 49.4 Å². The van der Waals surface area contributed by atoms with Crippen LogP contribution in [0.25, 0.3) is 10.8 Å². The molecule has 1 heterocycles. The zero-order chi connectivity index (χ0) is 32.1. The van der Waals surface area contributed by atoms with Crippen molar-refractivity contribution >= 4 is 44.1 Å². The maximum atomic E-state index is 13.5. The Balaban J connectivity index is 1.41. The summed E-state index contributed by atoms with van der Waals surface area (Å²) < 4.78 is 35.1. The lowest BCUT2D eigenvalue weighted by Gasteiger charge is -2.34. The van der Waals surface area contributed by atoms with E-state index in [1.165, 1.54) is 12.1 Å². The zero-order valence-corrected chi connectivity index (χ0v) is 26.3. The minimum atomic E-state index is -3.86. The van der Waals surface area contributed by atoms with E-state index in [0.29, 0.717) is 23.5 Å². The summed E-state index contributed by atoms with van der Waals surface area (Å²) in [7, 11) is -2.17.